The van der Waals surface area contributed by atoms with Crippen LogP contribution in [0.15, 0.2) is 101 Å². The molecule has 0 heterocycles. The summed E-state index contributed by atoms with van der Waals surface area (Å²) in [6.45, 7) is 3.58. The van der Waals surface area contributed by atoms with E-state index >= 15 is 0 Å². The maximum Gasteiger partial charge on any atom is 0.305 e. The van der Waals surface area contributed by atoms with E-state index < -0.39 is 17.0 Å². The van der Waals surface area contributed by atoms with E-state index in [1.54, 1.807) is 13.8 Å². The van der Waals surface area contributed by atoms with Crippen LogP contribution in [0.4, 0.5) is 0 Å². The normalized spacial score (nSPS) is 12.2. The fourth-order valence-corrected chi connectivity index (χ4v) is 3.33. The molecule has 1 N–H and O–H groups in total. The second-order valence-electron chi connectivity index (χ2n) is 7.39. The molecular weight excluding hydrogens is 348 g/mol. The van der Waals surface area contributed by atoms with E-state index in [0.29, 0.717) is 0 Å². The highest BCUT2D eigenvalue weighted by molar-refractivity contribution is 5.68. The van der Waals surface area contributed by atoms with Crippen molar-refractivity contribution in [3.8, 4) is 0 Å². The van der Waals surface area contributed by atoms with Gasteiger partial charge < -0.3 is 5.11 Å². The molecule has 0 unspecified atom stereocenters. The Morgan fingerprint density at radius 3 is 1.39 bits per heavy atom. The zero-order chi connectivity index (χ0) is 20.0. The van der Waals surface area contributed by atoms with Crippen molar-refractivity contribution in [2.75, 3.05) is 0 Å². The first kappa shape index (κ1) is 19.5. The molecule has 0 radical (unpaired) electrons. The van der Waals surface area contributed by atoms with Gasteiger partial charge in [-0.25, -0.2) is 0 Å². The van der Waals surface area contributed by atoms with Crippen molar-refractivity contribution in [3.63, 3.8) is 0 Å². The highest BCUT2D eigenvalue weighted by atomic mass is 16.4. The van der Waals surface area contributed by atoms with E-state index in [9.17, 15) is 9.90 Å². The Labute approximate surface area is 165 Å². The van der Waals surface area contributed by atoms with E-state index in [2.05, 4.69) is 5.11 Å². The third-order valence-corrected chi connectivity index (χ3v) is 4.63. The quantitative estimate of drug-likeness (QED) is 0.428. The topological polar surface area (TPSA) is 62.0 Å². The summed E-state index contributed by atoms with van der Waals surface area (Å²) in [5.41, 5.74) is 1.24. The SMILES string of the molecule is CC(C)(CC(=O)O)N=NC(c1ccccc1)(c1ccccc1)c1ccccc1. The molecule has 3 aromatic rings. The van der Waals surface area contributed by atoms with Crippen LogP contribution in [-0.2, 0) is 10.3 Å². The molecule has 4 heteroatoms. The van der Waals surface area contributed by atoms with Gasteiger partial charge in [-0.3, -0.25) is 4.79 Å². The van der Waals surface area contributed by atoms with Gasteiger partial charge in [0.05, 0.1) is 12.0 Å². The lowest BCUT2D eigenvalue weighted by Gasteiger charge is -2.32. The number of carboxylic acids is 1. The number of hydrogen-bond acceptors (Lipinski definition) is 3. The Kier molecular flexibility index (Phi) is 5.69. The van der Waals surface area contributed by atoms with Gasteiger partial charge in [0.1, 0.15) is 0 Å². The molecule has 0 aliphatic heterocycles. The van der Waals surface area contributed by atoms with Crippen molar-refractivity contribution in [3.05, 3.63) is 108 Å². The van der Waals surface area contributed by atoms with Crippen LogP contribution in [-0.4, -0.2) is 16.6 Å². The van der Waals surface area contributed by atoms with Crippen LogP contribution in [0.5, 0.6) is 0 Å². The highest BCUT2D eigenvalue weighted by Crippen LogP contribution is 2.41. The maximum absolute atomic E-state index is 11.2. The van der Waals surface area contributed by atoms with Gasteiger partial charge in [-0.05, 0) is 30.5 Å². The fourth-order valence-electron chi connectivity index (χ4n) is 3.33. The number of carbonyl (C=O) groups is 1. The van der Waals surface area contributed by atoms with Crippen molar-refractivity contribution in [2.45, 2.75) is 31.3 Å². The lowest BCUT2D eigenvalue weighted by molar-refractivity contribution is -0.138. The number of aliphatic carboxylic acids is 1. The Balaban J connectivity index is 2.27. The first-order chi connectivity index (χ1) is 13.4. The van der Waals surface area contributed by atoms with Gasteiger partial charge in [-0.2, -0.15) is 10.2 Å². The average Bonchev–Trinajstić information content (AvgIpc) is 2.70. The third-order valence-electron chi connectivity index (χ3n) is 4.63. The van der Waals surface area contributed by atoms with Gasteiger partial charge in [0.15, 0.2) is 5.54 Å². The first-order valence-corrected chi connectivity index (χ1v) is 9.26. The standard InChI is InChI=1S/C24H24N2O2/c1-23(2,18-22(27)28)25-26-24(19-12-6-3-7-13-19,20-14-8-4-9-15-20)21-16-10-5-11-17-21/h3-17H,18H2,1-2H3,(H,27,28). The largest absolute Gasteiger partial charge is 0.481 e. The number of hydrogen-bond donors (Lipinski definition) is 1. The van der Waals surface area contributed by atoms with Crippen LogP contribution in [0.2, 0.25) is 0 Å². The third kappa shape index (κ3) is 4.17. The highest BCUT2D eigenvalue weighted by Gasteiger charge is 2.37. The van der Waals surface area contributed by atoms with Crippen molar-refractivity contribution >= 4 is 5.97 Å². The van der Waals surface area contributed by atoms with E-state index in [1.807, 2.05) is 91.0 Å². The van der Waals surface area contributed by atoms with E-state index in [0.717, 1.165) is 16.7 Å². The Bertz CT molecular complexity index is 839. The Hall–Kier alpha value is -3.27. The van der Waals surface area contributed by atoms with Gasteiger partial charge in [0.25, 0.3) is 0 Å². The summed E-state index contributed by atoms with van der Waals surface area (Å²) >= 11 is 0. The molecule has 0 aliphatic carbocycles. The monoisotopic (exact) mass is 372 g/mol. The minimum absolute atomic E-state index is 0.0923. The van der Waals surface area contributed by atoms with E-state index in [-0.39, 0.29) is 6.42 Å². The predicted molar refractivity (Wildman–Crippen MR) is 110 cm³/mol. The zero-order valence-electron chi connectivity index (χ0n) is 16.1. The van der Waals surface area contributed by atoms with Crippen molar-refractivity contribution in [1.82, 2.24) is 0 Å². The van der Waals surface area contributed by atoms with Crippen LogP contribution < -0.4 is 0 Å². The van der Waals surface area contributed by atoms with Crippen LogP contribution >= 0.6 is 0 Å². The van der Waals surface area contributed by atoms with E-state index in [1.165, 1.54) is 0 Å². The molecule has 0 fully saturated rings. The summed E-state index contributed by atoms with van der Waals surface area (Å²) in [5, 5.41) is 18.6. The Morgan fingerprint density at radius 2 is 1.07 bits per heavy atom. The fraction of sp³-hybridized carbons (Fsp3) is 0.208. The molecule has 0 atom stereocenters. The minimum Gasteiger partial charge on any atom is -0.481 e. The van der Waals surface area contributed by atoms with Gasteiger partial charge in [-0.1, -0.05) is 91.0 Å². The molecular formula is C24H24N2O2. The molecule has 0 saturated heterocycles. The van der Waals surface area contributed by atoms with Crippen LogP contribution in [0.1, 0.15) is 37.0 Å². The minimum atomic E-state index is -0.895. The molecule has 0 bridgehead atoms. The summed E-state index contributed by atoms with van der Waals surface area (Å²) in [7, 11) is 0. The summed E-state index contributed by atoms with van der Waals surface area (Å²) in [5.74, 6) is -0.895. The Morgan fingerprint density at radius 1 is 0.714 bits per heavy atom. The second kappa shape index (κ2) is 8.17. The number of azo groups is 1. The molecule has 142 valence electrons. The number of nitrogens with zero attached hydrogens (tertiary/aromatic N) is 2. The number of benzene rings is 3. The van der Waals surface area contributed by atoms with Crippen molar-refractivity contribution in [2.24, 2.45) is 10.2 Å². The molecule has 3 rings (SSSR count). The van der Waals surface area contributed by atoms with Crippen molar-refractivity contribution in [1.29, 1.82) is 0 Å². The second-order valence-corrected chi connectivity index (χ2v) is 7.39. The van der Waals surface area contributed by atoms with Gasteiger partial charge in [0, 0.05) is 0 Å². The molecule has 4 nitrogen and oxygen atoms in total. The average molecular weight is 372 g/mol. The van der Waals surface area contributed by atoms with Crippen LogP contribution in [0.25, 0.3) is 0 Å². The lowest BCUT2D eigenvalue weighted by atomic mass is 9.78. The molecule has 0 amide bonds. The van der Waals surface area contributed by atoms with Gasteiger partial charge in [0.2, 0.25) is 0 Å². The summed E-state index contributed by atoms with van der Waals surface area (Å²) in [4.78, 5) is 11.2. The molecule has 0 aromatic heterocycles. The lowest BCUT2D eigenvalue weighted by Crippen LogP contribution is -2.29. The van der Waals surface area contributed by atoms with E-state index in [4.69, 9.17) is 5.11 Å². The smallest absolute Gasteiger partial charge is 0.305 e. The first-order valence-electron chi connectivity index (χ1n) is 9.26. The summed E-state index contributed by atoms with van der Waals surface area (Å²) < 4.78 is 0. The van der Waals surface area contributed by atoms with Gasteiger partial charge in [-0.15, -0.1) is 0 Å². The number of carboxylic acid groups (broad SMARTS) is 1. The maximum atomic E-state index is 11.2. The summed E-state index contributed by atoms with van der Waals surface area (Å²) in [6, 6.07) is 30.0. The van der Waals surface area contributed by atoms with Crippen molar-refractivity contribution < 1.29 is 9.90 Å². The molecule has 0 spiro atoms. The zero-order valence-corrected chi connectivity index (χ0v) is 16.1. The van der Waals surface area contributed by atoms with Gasteiger partial charge >= 0.3 is 5.97 Å². The van der Waals surface area contributed by atoms with Crippen LogP contribution in [0.3, 0.4) is 0 Å². The molecule has 0 aliphatic rings. The predicted octanol–water partition coefficient (Wildman–Crippen LogP) is 5.68. The summed E-state index contributed by atoms with van der Waals surface area (Å²) in [6.07, 6.45) is -0.0923. The molecule has 3 aromatic carbocycles. The molecule has 0 saturated carbocycles. The molecule has 28 heavy (non-hydrogen) atoms. The number of rotatable bonds is 7. The van der Waals surface area contributed by atoms with Crippen LogP contribution in [0, 0.1) is 0 Å².